The van der Waals surface area contributed by atoms with Crippen LogP contribution >= 0.6 is 0 Å². The Morgan fingerprint density at radius 1 is 1.18 bits per heavy atom. The van der Waals surface area contributed by atoms with Crippen molar-refractivity contribution in [1.29, 1.82) is 0 Å². The second kappa shape index (κ2) is 4.62. The summed E-state index contributed by atoms with van der Waals surface area (Å²) in [6.07, 6.45) is 1.91. The third-order valence-electron chi connectivity index (χ3n) is 3.02. The number of ether oxygens (including phenoxy) is 1. The summed E-state index contributed by atoms with van der Waals surface area (Å²) in [6, 6.07) is 7.61. The zero-order valence-electron chi connectivity index (χ0n) is 10.5. The Labute approximate surface area is 102 Å². The van der Waals surface area contributed by atoms with E-state index in [4.69, 9.17) is 10.5 Å². The first-order valence-electron chi connectivity index (χ1n) is 5.89. The van der Waals surface area contributed by atoms with E-state index in [1.54, 1.807) is 6.20 Å². The predicted octanol–water partition coefficient (Wildman–Crippen LogP) is 3.24. The van der Waals surface area contributed by atoms with E-state index >= 15 is 0 Å². The number of aromatic nitrogens is 1. The van der Waals surface area contributed by atoms with Gasteiger partial charge in [0.1, 0.15) is 11.3 Å². The Morgan fingerprint density at radius 3 is 2.65 bits per heavy atom. The number of hydrogen-bond donors (Lipinski definition) is 1. The molecular formula is C14H18N2O. The van der Waals surface area contributed by atoms with E-state index in [1.165, 1.54) is 0 Å². The van der Waals surface area contributed by atoms with E-state index in [-0.39, 0.29) is 6.10 Å². The van der Waals surface area contributed by atoms with Gasteiger partial charge in [0.2, 0.25) is 0 Å². The maximum atomic E-state index is 5.93. The fourth-order valence-electron chi connectivity index (χ4n) is 1.60. The molecule has 3 nitrogen and oxygen atoms in total. The summed E-state index contributed by atoms with van der Waals surface area (Å²) < 4.78 is 5.93. The lowest BCUT2D eigenvalue weighted by Gasteiger charge is -2.19. The van der Waals surface area contributed by atoms with E-state index in [1.807, 2.05) is 24.3 Å². The zero-order chi connectivity index (χ0) is 12.4. The molecule has 0 aliphatic heterocycles. The van der Waals surface area contributed by atoms with Crippen LogP contribution in [-0.4, -0.2) is 11.1 Å². The molecular weight excluding hydrogens is 212 g/mol. The minimum atomic E-state index is 0.156. The average Bonchev–Trinajstić information content (AvgIpc) is 2.33. The largest absolute Gasteiger partial charge is 0.488 e. The molecule has 0 spiro atoms. The summed E-state index contributed by atoms with van der Waals surface area (Å²) in [7, 11) is 0. The number of pyridine rings is 1. The standard InChI is InChI=1S/C14H18N2O/c1-9(2)10(3)17-13-7-6-12(15)11-5-4-8-16-14(11)13/h4-10H,15H2,1-3H3. The molecule has 0 fully saturated rings. The number of hydrogen-bond acceptors (Lipinski definition) is 3. The van der Waals surface area contributed by atoms with Crippen molar-refractivity contribution >= 4 is 16.6 Å². The van der Waals surface area contributed by atoms with Gasteiger partial charge in [-0.2, -0.15) is 0 Å². The van der Waals surface area contributed by atoms with Crippen molar-refractivity contribution in [2.24, 2.45) is 5.92 Å². The Kier molecular flexibility index (Phi) is 3.18. The van der Waals surface area contributed by atoms with Gasteiger partial charge in [0.15, 0.2) is 0 Å². The molecule has 1 aromatic carbocycles. The Morgan fingerprint density at radius 2 is 1.94 bits per heavy atom. The second-order valence-corrected chi connectivity index (χ2v) is 4.62. The molecule has 0 amide bonds. The predicted molar refractivity (Wildman–Crippen MR) is 71.1 cm³/mol. The van der Waals surface area contributed by atoms with Gasteiger partial charge in [-0.3, -0.25) is 4.98 Å². The smallest absolute Gasteiger partial charge is 0.146 e. The van der Waals surface area contributed by atoms with Crippen LogP contribution in [0.5, 0.6) is 5.75 Å². The van der Waals surface area contributed by atoms with E-state index in [0.717, 1.165) is 22.3 Å². The van der Waals surface area contributed by atoms with Crippen molar-refractivity contribution < 1.29 is 4.74 Å². The van der Waals surface area contributed by atoms with Crippen molar-refractivity contribution in [2.75, 3.05) is 5.73 Å². The van der Waals surface area contributed by atoms with Crippen LogP contribution in [0.1, 0.15) is 20.8 Å². The lowest BCUT2D eigenvalue weighted by molar-refractivity contribution is 0.172. The monoisotopic (exact) mass is 230 g/mol. The Balaban J connectivity index is 2.45. The van der Waals surface area contributed by atoms with Gasteiger partial charge in [-0.25, -0.2) is 0 Å². The zero-order valence-corrected chi connectivity index (χ0v) is 10.5. The topological polar surface area (TPSA) is 48.1 Å². The first-order chi connectivity index (χ1) is 8.09. The number of nitrogens with two attached hydrogens (primary N) is 1. The maximum absolute atomic E-state index is 5.93. The molecule has 1 heterocycles. The summed E-state index contributed by atoms with van der Waals surface area (Å²) in [5, 5.41) is 0.945. The van der Waals surface area contributed by atoms with Crippen LogP contribution in [0, 0.1) is 5.92 Å². The van der Waals surface area contributed by atoms with Gasteiger partial charge >= 0.3 is 0 Å². The highest BCUT2D eigenvalue weighted by molar-refractivity contribution is 5.94. The van der Waals surface area contributed by atoms with Crippen LogP contribution in [-0.2, 0) is 0 Å². The van der Waals surface area contributed by atoms with Crippen molar-refractivity contribution in [2.45, 2.75) is 26.9 Å². The number of rotatable bonds is 3. The summed E-state index contributed by atoms with van der Waals surface area (Å²) in [5.41, 5.74) is 7.49. The van der Waals surface area contributed by atoms with Gasteiger partial charge in [0.05, 0.1) is 6.10 Å². The van der Waals surface area contributed by atoms with Gasteiger partial charge < -0.3 is 10.5 Å². The van der Waals surface area contributed by atoms with E-state index in [2.05, 4.69) is 25.8 Å². The van der Waals surface area contributed by atoms with Crippen LogP contribution in [0.2, 0.25) is 0 Å². The quantitative estimate of drug-likeness (QED) is 0.823. The van der Waals surface area contributed by atoms with Crippen LogP contribution in [0.3, 0.4) is 0 Å². The molecule has 1 unspecified atom stereocenters. The first-order valence-corrected chi connectivity index (χ1v) is 5.89. The first kappa shape index (κ1) is 11.7. The highest BCUT2D eigenvalue weighted by atomic mass is 16.5. The second-order valence-electron chi connectivity index (χ2n) is 4.62. The molecule has 0 bridgehead atoms. The lowest BCUT2D eigenvalue weighted by Crippen LogP contribution is -2.18. The van der Waals surface area contributed by atoms with Gasteiger partial charge in [0, 0.05) is 17.3 Å². The highest BCUT2D eigenvalue weighted by Gasteiger charge is 2.12. The molecule has 2 N–H and O–H groups in total. The SMILES string of the molecule is CC(C)C(C)Oc1ccc(N)c2cccnc12. The molecule has 2 rings (SSSR count). The summed E-state index contributed by atoms with van der Waals surface area (Å²) in [6.45, 7) is 6.34. The molecule has 0 saturated heterocycles. The average molecular weight is 230 g/mol. The molecule has 17 heavy (non-hydrogen) atoms. The van der Waals surface area contributed by atoms with Crippen LogP contribution < -0.4 is 10.5 Å². The Hall–Kier alpha value is -1.77. The number of benzene rings is 1. The molecule has 0 radical (unpaired) electrons. The Bertz CT molecular complexity index is 523. The van der Waals surface area contributed by atoms with E-state index < -0.39 is 0 Å². The fourth-order valence-corrected chi connectivity index (χ4v) is 1.60. The molecule has 1 atom stereocenters. The van der Waals surface area contributed by atoms with Crippen molar-refractivity contribution in [1.82, 2.24) is 4.98 Å². The van der Waals surface area contributed by atoms with Crippen molar-refractivity contribution in [3.8, 4) is 5.75 Å². The number of anilines is 1. The van der Waals surface area contributed by atoms with Crippen molar-refractivity contribution in [3.63, 3.8) is 0 Å². The van der Waals surface area contributed by atoms with Crippen LogP contribution in [0.15, 0.2) is 30.5 Å². The fraction of sp³-hybridized carbons (Fsp3) is 0.357. The molecule has 0 aliphatic rings. The van der Waals surface area contributed by atoms with Gasteiger partial charge in [0.25, 0.3) is 0 Å². The third kappa shape index (κ3) is 2.33. The minimum absolute atomic E-state index is 0.156. The molecule has 90 valence electrons. The van der Waals surface area contributed by atoms with Crippen LogP contribution in [0.25, 0.3) is 10.9 Å². The number of nitrogens with zero attached hydrogens (tertiary/aromatic N) is 1. The van der Waals surface area contributed by atoms with Crippen LogP contribution in [0.4, 0.5) is 5.69 Å². The normalized spacial score (nSPS) is 12.9. The van der Waals surface area contributed by atoms with Gasteiger partial charge in [-0.05, 0) is 37.1 Å². The van der Waals surface area contributed by atoms with Crippen molar-refractivity contribution in [3.05, 3.63) is 30.5 Å². The van der Waals surface area contributed by atoms with E-state index in [0.29, 0.717) is 5.92 Å². The van der Waals surface area contributed by atoms with Gasteiger partial charge in [-0.15, -0.1) is 0 Å². The number of fused-ring (bicyclic) bond motifs is 1. The summed E-state index contributed by atoms with van der Waals surface area (Å²) in [5.74, 6) is 1.27. The summed E-state index contributed by atoms with van der Waals surface area (Å²) >= 11 is 0. The molecule has 0 saturated carbocycles. The summed E-state index contributed by atoms with van der Waals surface area (Å²) in [4.78, 5) is 4.35. The minimum Gasteiger partial charge on any atom is -0.488 e. The molecule has 2 aromatic rings. The number of nitrogen functional groups attached to an aromatic ring is 1. The molecule has 3 heteroatoms. The molecule has 0 aliphatic carbocycles. The third-order valence-corrected chi connectivity index (χ3v) is 3.02. The highest BCUT2D eigenvalue weighted by Crippen LogP contribution is 2.29. The molecule has 1 aromatic heterocycles. The van der Waals surface area contributed by atoms with E-state index in [9.17, 15) is 0 Å². The van der Waals surface area contributed by atoms with Gasteiger partial charge in [-0.1, -0.05) is 13.8 Å². The maximum Gasteiger partial charge on any atom is 0.146 e. The lowest BCUT2D eigenvalue weighted by atomic mass is 10.1.